The molecule has 0 atom stereocenters. The molecule has 2 aromatic carbocycles. The van der Waals surface area contributed by atoms with E-state index in [0.717, 1.165) is 11.1 Å². The molecule has 0 unspecified atom stereocenters. The number of carbonyl (C=O) groups is 1. The van der Waals surface area contributed by atoms with Crippen molar-refractivity contribution in [2.75, 3.05) is 6.61 Å². The topological polar surface area (TPSA) is 93.8 Å². The lowest BCUT2D eigenvalue weighted by Gasteiger charge is -2.14. The van der Waals surface area contributed by atoms with Crippen LogP contribution in [0.5, 0.6) is 5.75 Å². The van der Waals surface area contributed by atoms with Crippen LogP contribution in [0, 0.1) is 17.0 Å². The van der Waals surface area contributed by atoms with Gasteiger partial charge < -0.3 is 4.74 Å². The molecule has 2 rings (SSSR count). The Balaban J connectivity index is 1.97. The van der Waals surface area contributed by atoms with Crippen molar-refractivity contribution in [2.45, 2.75) is 33.6 Å². The highest BCUT2D eigenvalue weighted by atomic mass is 16.6. The summed E-state index contributed by atoms with van der Waals surface area (Å²) in [7, 11) is 0. The van der Waals surface area contributed by atoms with Crippen molar-refractivity contribution in [1.82, 2.24) is 5.43 Å². The number of hydrogen-bond donors (Lipinski definition) is 1. The van der Waals surface area contributed by atoms with Crippen molar-refractivity contribution >= 4 is 17.3 Å². The summed E-state index contributed by atoms with van der Waals surface area (Å²) in [5.41, 5.74) is 5.76. The predicted molar refractivity (Wildman–Crippen MR) is 104 cm³/mol. The van der Waals surface area contributed by atoms with E-state index in [-0.39, 0.29) is 24.1 Å². The van der Waals surface area contributed by atoms with Crippen LogP contribution >= 0.6 is 0 Å². The average molecular weight is 369 g/mol. The first kappa shape index (κ1) is 20.1. The van der Waals surface area contributed by atoms with Crippen LogP contribution in [0.2, 0.25) is 0 Å². The van der Waals surface area contributed by atoms with Crippen LogP contribution in [0.3, 0.4) is 0 Å². The van der Waals surface area contributed by atoms with E-state index in [1.807, 2.05) is 25.1 Å². The fourth-order valence-electron chi connectivity index (χ4n) is 2.45. The maximum absolute atomic E-state index is 12.0. The number of hydrazone groups is 1. The van der Waals surface area contributed by atoms with Gasteiger partial charge in [-0.25, -0.2) is 5.43 Å². The average Bonchev–Trinajstić information content (AvgIpc) is 2.64. The maximum atomic E-state index is 12.0. The van der Waals surface area contributed by atoms with Gasteiger partial charge in [-0.05, 0) is 54.7 Å². The fourth-order valence-corrected chi connectivity index (χ4v) is 2.45. The molecule has 0 aliphatic heterocycles. The zero-order chi connectivity index (χ0) is 20.0. The lowest BCUT2D eigenvalue weighted by molar-refractivity contribution is -0.384. The van der Waals surface area contributed by atoms with Crippen LogP contribution in [0.1, 0.15) is 43.4 Å². The van der Waals surface area contributed by atoms with E-state index >= 15 is 0 Å². The lowest BCUT2D eigenvalue weighted by atomic mass is 10.0. The molecule has 7 heteroatoms. The first-order chi connectivity index (χ1) is 12.8. The Hall–Kier alpha value is -3.22. The molecular weight excluding hydrogens is 346 g/mol. The second-order valence-corrected chi connectivity index (χ2v) is 6.52. The highest BCUT2D eigenvalue weighted by molar-refractivity contribution is 5.99. The monoisotopic (exact) mass is 369 g/mol. The molecule has 1 N–H and O–H groups in total. The van der Waals surface area contributed by atoms with Crippen molar-refractivity contribution in [3.8, 4) is 5.75 Å². The van der Waals surface area contributed by atoms with Crippen LogP contribution in [0.4, 0.5) is 5.69 Å². The molecule has 2 aromatic rings. The van der Waals surface area contributed by atoms with Crippen LogP contribution in [-0.2, 0) is 4.79 Å². The summed E-state index contributed by atoms with van der Waals surface area (Å²) < 4.78 is 5.66. The Morgan fingerprint density at radius 3 is 2.48 bits per heavy atom. The molecule has 0 fully saturated rings. The normalized spacial score (nSPS) is 11.4. The Morgan fingerprint density at radius 1 is 1.22 bits per heavy atom. The molecule has 0 aliphatic rings. The van der Waals surface area contributed by atoms with E-state index < -0.39 is 4.92 Å². The minimum Gasteiger partial charge on any atom is -0.483 e. The van der Waals surface area contributed by atoms with Crippen molar-refractivity contribution in [3.63, 3.8) is 0 Å². The number of non-ortho nitro benzene ring substituents is 1. The lowest BCUT2D eigenvalue weighted by Crippen LogP contribution is -2.26. The molecule has 27 heavy (non-hydrogen) atoms. The van der Waals surface area contributed by atoms with Gasteiger partial charge in [-0.1, -0.05) is 26.0 Å². The second kappa shape index (κ2) is 8.93. The molecule has 142 valence electrons. The highest BCUT2D eigenvalue weighted by Crippen LogP contribution is 2.27. The summed E-state index contributed by atoms with van der Waals surface area (Å²) in [4.78, 5) is 22.2. The molecule has 1 amide bonds. The van der Waals surface area contributed by atoms with Crippen LogP contribution < -0.4 is 10.2 Å². The van der Waals surface area contributed by atoms with E-state index in [0.29, 0.717) is 17.0 Å². The molecule has 0 radical (unpaired) electrons. The fraction of sp³-hybridized carbons (Fsp3) is 0.300. The molecule has 0 spiro atoms. The summed E-state index contributed by atoms with van der Waals surface area (Å²) in [5.74, 6) is 0.592. The third kappa shape index (κ3) is 5.64. The van der Waals surface area contributed by atoms with Crippen LogP contribution in [0.25, 0.3) is 0 Å². The summed E-state index contributed by atoms with van der Waals surface area (Å²) in [5, 5.41) is 14.7. The minimum atomic E-state index is -0.466. The van der Waals surface area contributed by atoms with Gasteiger partial charge in [0, 0.05) is 12.1 Å². The van der Waals surface area contributed by atoms with Crippen LogP contribution in [0.15, 0.2) is 47.6 Å². The molecular formula is C20H23N3O4. The van der Waals surface area contributed by atoms with Gasteiger partial charge in [-0.3, -0.25) is 14.9 Å². The minimum absolute atomic E-state index is 0.00287. The van der Waals surface area contributed by atoms with Gasteiger partial charge in [0.1, 0.15) is 5.75 Å². The number of ether oxygens (including phenoxy) is 1. The van der Waals surface area contributed by atoms with Gasteiger partial charge in [-0.15, -0.1) is 0 Å². The third-order valence-corrected chi connectivity index (χ3v) is 3.99. The van der Waals surface area contributed by atoms with Gasteiger partial charge in [0.05, 0.1) is 10.6 Å². The number of benzene rings is 2. The summed E-state index contributed by atoms with van der Waals surface area (Å²) in [6.45, 7) is 7.65. The highest BCUT2D eigenvalue weighted by Gasteiger charge is 2.10. The third-order valence-electron chi connectivity index (χ3n) is 3.99. The number of nitrogens with one attached hydrogen (secondary N) is 1. The smallest absolute Gasteiger partial charge is 0.277 e. The summed E-state index contributed by atoms with van der Waals surface area (Å²) in [6, 6.07) is 11.9. The zero-order valence-corrected chi connectivity index (χ0v) is 15.9. The predicted octanol–water partition coefficient (Wildman–Crippen LogP) is 3.95. The quantitative estimate of drug-likeness (QED) is 0.454. The van der Waals surface area contributed by atoms with Crippen molar-refractivity contribution in [2.24, 2.45) is 5.10 Å². The molecule has 0 bridgehead atoms. The van der Waals surface area contributed by atoms with Crippen molar-refractivity contribution in [1.29, 1.82) is 0 Å². The maximum Gasteiger partial charge on any atom is 0.277 e. The number of carbonyl (C=O) groups excluding carboxylic acids is 1. The summed E-state index contributed by atoms with van der Waals surface area (Å²) in [6.07, 6.45) is 0. The van der Waals surface area contributed by atoms with E-state index in [1.165, 1.54) is 12.1 Å². The van der Waals surface area contributed by atoms with E-state index in [2.05, 4.69) is 24.4 Å². The van der Waals surface area contributed by atoms with Crippen molar-refractivity contribution in [3.05, 3.63) is 69.3 Å². The van der Waals surface area contributed by atoms with Crippen molar-refractivity contribution < 1.29 is 14.5 Å². The Kier molecular flexibility index (Phi) is 6.65. The van der Waals surface area contributed by atoms with Crippen LogP contribution in [-0.4, -0.2) is 23.1 Å². The first-order valence-corrected chi connectivity index (χ1v) is 8.59. The number of nitro groups is 1. The Bertz CT molecular complexity index is 858. The summed E-state index contributed by atoms with van der Waals surface area (Å²) >= 11 is 0. The zero-order valence-electron chi connectivity index (χ0n) is 15.9. The number of aryl methyl sites for hydroxylation is 1. The number of rotatable bonds is 7. The standard InChI is InChI=1S/C20H23N3O4/c1-13(2)18-10-5-14(3)11-19(18)27-12-20(24)22-21-15(4)16-6-8-17(9-7-16)23(25)26/h5-11,13H,12H2,1-4H3,(H,22,24)/b21-15-. The largest absolute Gasteiger partial charge is 0.483 e. The molecule has 0 aliphatic carbocycles. The van der Waals surface area contributed by atoms with Gasteiger partial charge in [-0.2, -0.15) is 5.10 Å². The van der Waals surface area contributed by atoms with E-state index in [9.17, 15) is 14.9 Å². The molecule has 0 heterocycles. The van der Waals surface area contributed by atoms with E-state index in [1.54, 1.807) is 19.1 Å². The molecule has 7 nitrogen and oxygen atoms in total. The van der Waals surface area contributed by atoms with Gasteiger partial charge >= 0.3 is 0 Å². The first-order valence-electron chi connectivity index (χ1n) is 8.59. The number of amides is 1. The van der Waals surface area contributed by atoms with Gasteiger partial charge in [0.2, 0.25) is 0 Å². The Morgan fingerprint density at radius 2 is 1.89 bits per heavy atom. The van der Waals surface area contributed by atoms with Gasteiger partial charge in [0.25, 0.3) is 11.6 Å². The SMILES string of the molecule is C/C(=N/NC(=O)COc1cc(C)ccc1C(C)C)c1ccc([N+](=O)[O-])cc1. The van der Waals surface area contributed by atoms with Gasteiger partial charge in [0.15, 0.2) is 6.61 Å². The number of nitrogens with zero attached hydrogens (tertiary/aromatic N) is 2. The molecule has 0 saturated carbocycles. The Labute approximate surface area is 158 Å². The van der Waals surface area contributed by atoms with E-state index in [4.69, 9.17) is 4.74 Å². The second-order valence-electron chi connectivity index (χ2n) is 6.52. The number of nitro benzene ring substituents is 1. The number of hydrogen-bond acceptors (Lipinski definition) is 5. The molecule has 0 saturated heterocycles. The molecule has 0 aromatic heterocycles.